The summed E-state index contributed by atoms with van der Waals surface area (Å²) < 4.78 is 1.09. The van der Waals surface area contributed by atoms with Gasteiger partial charge in [-0.2, -0.15) is 0 Å². The molecule has 0 bridgehead atoms. The lowest BCUT2D eigenvalue weighted by molar-refractivity contribution is 0.104. The summed E-state index contributed by atoms with van der Waals surface area (Å²) in [5, 5.41) is 1.46. The second-order valence-corrected chi connectivity index (χ2v) is 5.71. The lowest BCUT2D eigenvalue weighted by Crippen LogP contribution is -2.00. The highest BCUT2D eigenvalue weighted by molar-refractivity contribution is 7.21. The van der Waals surface area contributed by atoms with Crippen molar-refractivity contribution >= 4 is 44.5 Å². The third-order valence-corrected chi connectivity index (χ3v) is 4.31. The molecule has 1 aromatic heterocycles. The number of fused-ring (bicyclic) bond motifs is 1. The van der Waals surface area contributed by atoms with E-state index in [9.17, 15) is 4.79 Å². The molecule has 0 amide bonds. The van der Waals surface area contributed by atoms with Crippen molar-refractivity contribution < 1.29 is 4.79 Å². The van der Waals surface area contributed by atoms with Gasteiger partial charge in [-0.1, -0.05) is 29.8 Å². The Morgan fingerprint density at radius 3 is 2.63 bits per heavy atom. The predicted molar refractivity (Wildman–Crippen MR) is 81.1 cm³/mol. The second-order valence-electron chi connectivity index (χ2n) is 4.22. The summed E-state index contributed by atoms with van der Waals surface area (Å²) in [6.07, 6.45) is 0. The van der Waals surface area contributed by atoms with Crippen LogP contribution in [0.1, 0.15) is 15.2 Å². The Bertz CT molecular complexity index is 746. The van der Waals surface area contributed by atoms with E-state index < -0.39 is 0 Å². The molecule has 0 aliphatic heterocycles. The largest absolute Gasteiger partial charge is 0.399 e. The first-order valence-electron chi connectivity index (χ1n) is 5.73. The number of hydrogen-bond donors (Lipinski definition) is 1. The maximum atomic E-state index is 12.4. The zero-order chi connectivity index (χ0) is 13.4. The highest BCUT2D eigenvalue weighted by Crippen LogP contribution is 2.29. The van der Waals surface area contributed by atoms with Crippen LogP contribution in [0.5, 0.6) is 0 Å². The van der Waals surface area contributed by atoms with Gasteiger partial charge >= 0.3 is 0 Å². The topological polar surface area (TPSA) is 43.1 Å². The van der Waals surface area contributed by atoms with Crippen LogP contribution in [-0.2, 0) is 0 Å². The van der Waals surface area contributed by atoms with Crippen molar-refractivity contribution in [1.82, 2.24) is 0 Å². The van der Waals surface area contributed by atoms with Crippen molar-refractivity contribution in [3.63, 3.8) is 0 Å². The average Bonchev–Trinajstić information content (AvgIpc) is 2.81. The Hall–Kier alpha value is -1.84. The van der Waals surface area contributed by atoms with Gasteiger partial charge in [-0.3, -0.25) is 4.79 Å². The Balaban J connectivity index is 2.08. The zero-order valence-electron chi connectivity index (χ0n) is 9.89. The van der Waals surface area contributed by atoms with Gasteiger partial charge in [-0.05, 0) is 35.7 Å². The first-order chi connectivity index (χ1) is 9.15. The Kier molecular flexibility index (Phi) is 3.01. The van der Waals surface area contributed by atoms with E-state index in [1.165, 1.54) is 11.3 Å². The van der Waals surface area contributed by atoms with Crippen LogP contribution < -0.4 is 5.73 Å². The molecule has 0 radical (unpaired) electrons. The SMILES string of the molecule is Nc1ccc(C(=O)c2cc3ccccc3s2)c(Cl)c1. The fourth-order valence-corrected chi connectivity index (χ4v) is 3.23. The van der Waals surface area contributed by atoms with Gasteiger partial charge in [0.05, 0.1) is 9.90 Å². The van der Waals surface area contributed by atoms with Crippen LogP contribution in [0.25, 0.3) is 10.1 Å². The number of anilines is 1. The molecule has 0 saturated heterocycles. The summed E-state index contributed by atoms with van der Waals surface area (Å²) >= 11 is 7.55. The van der Waals surface area contributed by atoms with Crippen molar-refractivity contribution in [2.75, 3.05) is 5.73 Å². The van der Waals surface area contributed by atoms with Crippen molar-refractivity contribution in [1.29, 1.82) is 0 Å². The number of halogens is 1. The summed E-state index contributed by atoms with van der Waals surface area (Å²) in [6, 6.07) is 14.8. The van der Waals surface area contributed by atoms with Crippen LogP contribution in [0.15, 0.2) is 48.5 Å². The predicted octanol–water partition coefficient (Wildman–Crippen LogP) is 4.37. The number of rotatable bonds is 2. The third-order valence-electron chi connectivity index (χ3n) is 2.89. The van der Waals surface area contributed by atoms with Crippen molar-refractivity contribution in [2.45, 2.75) is 0 Å². The molecular weight excluding hydrogens is 278 g/mol. The van der Waals surface area contributed by atoms with E-state index >= 15 is 0 Å². The fourth-order valence-electron chi connectivity index (χ4n) is 1.94. The number of ketones is 1. The van der Waals surface area contributed by atoms with Gasteiger partial charge in [-0.25, -0.2) is 0 Å². The second kappa shape index (κ2) is 4.68. The molecule has 1 heterocycles. The fraction of sp³-hybridized carbons (Fsp3) is 0. The number of thiophene rings is 1. The van der Waals surface area contributed by atoms with Gasteiger partial charge in [0.25, 0.3) is 0 Å². The Morgan fingerprint density at radius 2 is 1.89 bits per heavy atom. The van der Waals surface area contributed by atoms with Gasteiger partial charge in [0.15, 0.2) is 0 Å². The van der Waals surface area contributed by atoms with Crippen molar-refractivity contribution in [3.05, 3.63) is 64.0 Å². The maximum Gasteiger partial charge on any atom is 0.204 e. The molecule has 3 rings (SSSR count). The summed E-state index contributed by atoms with van der Waals surface area (Å²) in [5.41, 5.74) is 6.68. The van der Waals surface area contributed by atoms with Gasteiger partial charge < -0.3 is 5.73 Å². The minimum Gasteiger partial charge on any atom is -0.399 e. The van der Waals surface area contributed by atoms with Gasteiger partial charge in [0.2, 0.25) is 5.78 Å². The van der Waals surface area contributed by atoms with Crippen LogP contribution in [-0.4, -0.2) is 5.78 Å². The molecule has 4 heteroatoms. The lowest BCUT2D eigenvalue weighted by atomic mass is 10.1. The van der Waals surface area contributed by atoms with E-state index in [1.807, 2.05) is 30.3 Å². The van der Waals surface area contributed by atoms with Crippen molar-refractivity contribution in [3.8, 4) is 0 Å². The van der Waals surface area contributed by atoms with Crippen LogP contribution in [0, 0.1) is 0 Å². The summed E-state index contributed by atoms with van der Waals surface area (Å²) in [6.45, 7) is 0. The Morgan fingerprint density at radius 1 is 1.11 bits per heavy atom. The lowest BCUT2D eigenvalue weighted by Gasteiger charge is -2.02. The molecule has 2 aromatic carbocycles. The molecule has 0 spiro atoms. The molecule has 0 saturated carbocycles. The first kappa shape index (κ1) is 12.2. The molecule has 0 aliphatic carbocycles. The molecule has 19 heavy (non-hydrogen) atoms. The summed E-state index contributed by atoms with van der Waals surface area (Å²) in [4.78, 5) is 13.1. The van der Waals surface area contributed by atoms with Crippen LogP contribution in [0.3, 0.4) is 0 Å². The minimum atomic E-state index is -0.0637. The molecule has 0 unspecified atom stereocenters. The normalized spacial score (nSPS) is 10.8. The zero-order valence-corrected chi connectivity index (χ0v) is 11.5. The van der Waals surface area contributed by atoms with Gasteiger partial charge in [-0.15, -0.1) is 11.3 Å². The molecule has 2 nitrogen and oxygen atoms in total. The van der Waals surface area contributed by atoms with Gasteiger partial charge in [0, 0.05) is 16.0 Å². The number of benzene rings is 2. The van der Waals surface area contributed by atoms with E-state index in [4.69, 9.17) is 17.3 Å². The number of nitrogens with two attached hydrogens (primary N) is 1. The molecule has 2 N–H and O–H groups in total. The molecule has 0 atom stereocenters. The average molecular weight is 288 g/mol. The van der Waals surface area contributed by atoms with E-state index in [0.29, 0.717) is 21.2 Å². The molecule has 94 valence electrons. The van der Waals surface area contributed by atoms with Gasteiger partial charge in [0.1, 0.15) is 0 Å². The summed E-state index contributed by atoms with van der Waals surface area (Å²) in [7, 11) is 0. The first-order valence-corrected chi connectivity index (χ1v) is 6.93. The number of carbonyl (C=O) groups is 1. The molecule has 0 fully saturated rings. The smallest absolute Gasteiger partial charge is 0.204 e. The number of hydrogen-bond acceptors (Lipinski definition) is 3. The van der Waals surface area contributed by atoms with E-state index in [1.54, 1.807) is 18.2 Å². The standard InChI is InChI=1S/C15H10ClNOS/c16-12-8-10(17)5-6-11(12)15(18)14-7-9-3-1-2-4-13(9)19-14/h1-8H,17H2. The van der Waals surface area contributed by atoms with Crippen LogP contribution in [0.2, 0.25) is 5.02 Å². The quantitative estimate of drug-likeness (QED) is 0.562. The van der Waals surface area contributed by atoms with Crippen molar-refractivity contribution in [2.24, 2.45) is 0 Å². The van der Waals surface area contributed by atoms with E-state index in [-0.39, 0.29) is 5.78 Å². The van der Waals surface area contributed by atoms with Crippen LogP contribution >= 0.6 is 22.9 Å². The minimum absolute atomic E-state index is 0.0637. The van der Waals surface area contributed by atoms with E-state index in [0.717, 1.165) is 10.1 Å². The Labute approximate surface area is 119 Å². The molecular formula is C15H10ClNOS. The highest BCUT2D eigenvalue weighted by Gasteiger charge is 2.15. The molecule has 3 aromatic rings. The maximum absolute atomic E-state index is 12.4. The summed E-state index contributed by atoms with van der Waals surface area (Å²) in [5.74, 6) is -0.0637. The third kappa shape index (κ3) is 2.23. The van der Waals surface area contributed by atoms with Crippen LogP contribution in [0.4, 0.5) is 5.69 Å². The molecule has 0 aliphatic rings. The highest BCUT2D eigenvalue weighted by atomic mass is 35.5. The number of carbonyl (C=O) groups excluding carboxylic acids is 1. The monoisotopic (exact) mass is 287 g/mol. The van der Waals surface area contributed by atoms with E-state index in [2.05, 4.69) is 0 Å². The number of nitrogen functional groups attached to an aromatic ring is 1.